The van der Waals surface area contributed by atoms with Gasteiger partial charge in [-0.1, -0.05) is 0 Å². The van der Waals surface area contributed by atoms with Crippen molar-refractivity contribution in [2.45, 2.75) is 45.2 Å². The average molecular weight is 173 g/mol. The molecule has 1 saturated heterocycles. The Balaban J connectivity index is 2.38. The van der Waals surface area contributed by atoms with Crippen LogP contribution in [0.3, 0.4) is 0 Å². The van der Waals surface area contributed by atoms with E-state index in [9.17, 15) is 9.90 Å². The highest BCUT2D eigenvalue weighted by atomic mass is 16.7. The summed E-state index contributed by atoms with van der Waals surface area (Å²) in [6, 6.07) is 0. The van der Waals surface area contributed by atoms with Crippen LogP contribution in [0.1, 0.15) is 26.7 Å². The molecular formula is C8H13O4. The molecule has 1 heterocycles. The summed E-state index contributed by atoms with van der Waals surface area (Å²) >= 11 is 0. The van der Waals surface area contributed by atoms with Crippen LogP contribution in [0.5, 0.6) is 0 Å². The average Bonchev–Trinajstić information content (AvgIpc) is 1.81. The maximum absolute atomic E-state index is 10.2. The lowest BCUT2D eigenvalue weighted by atomic mass is 10.1. The van der Waals surface area contributed by atoms with E-state index in [1.54, 1.807) is 6.92 Å². The predicted molar refractivity (Wildman–Crippen MR) is 39.8 cm³/mol. The molecule has 1 rings (SSSR count). The Morgan fingerprint density at radius 2 is 2.08 bits per heavy atom. The zero-order valence-corrected chi connectivity index (χ0v) is 7.28. The van der Waals surface area contributed by atoms with Crippen LogP contribution in [0.15, 0.2) is 0 Å². The van der Waals surface area contributed by atoms with Crippen molar-refractivity contribution in [3.63, 3.8) is 0 Å². The van der Waals surface area contributed by atoms with Crippen LogP contribution in [0, 0.1) is 0 Å². The van der Waals surface area contributed by atoms with Gasteiger partial charge in [0.1, 0.15) is 0 Å². The summed E-state index contributed by atoms with van der Waals surface area (Å²) in [6.07, 6.45) is 0.0843. The minimum Gasteiger partial charge on any atom is -0.350 e. The first kappa shape index (κ1) is 9.48. The van der Waals surface area contributed by atoms with E-state index in [0.717, 1.165) is 0 Å². The normalized spacial score (nSPS) is 36.3. The molecule has 1 aliphatic rings. The molecule has 3 unspecified atom stereocenters. The van der Waals surface area contributed by atoms with Gasteiger partial charge in [0, 0.05) is 6.42 Å². The molecule has 0 bridgehead atoms. The first-order chi connectivity index (χ1) is 5.58. The number of hydrogen-bond acceptors (Lipinski definition) is 3. The minimum atomic E-state index is -1.07. The number of rotatable bonds is 2. The molecule has 0 aliphatic carbocycles. The second-order valence-corrected chi connectivity index (χ2v) is 3.08. The Kier molecular flexibility index (Phi) is 3.05. The highest BCUT2D eigenvalue weighted by molar-refractivity contribution is 5.66. The van der Waals surface area contributed by atoms with Crippen LogP contribution in [0.4, 0.5) is 0 Å². The van der Waals surface area contributed by atoms with Crippen LogP contribution in [-0.2, 0) is 19.4 Å². The van der Waals surface area contributed by atoms with Gasteiger partial charge in [-0.2, -0.15) is 0 Å². The smallest absolute Gasteiger partial charge is 0.350 e. The molecule has 4 heteroatoms. The van der Waals surface area contributed by atoms with Gasteiger partial charge in [-0.3, -0.25) is 0 Å². The van der Waals surface area contributed by atoms with Crippen molar-refractivity contribution in [3.05, 3.63) is 0 Å². The lowest BCUT2D eigenvalue weighted by Gasteiger charge is -2.31. The second-order valence-electron chi connectivity index (χ2n) is 3.08. The summed E-state index contributed by atoms with van der Waals surface area (Å²) in [5.74, 6) is -1.07. The maximum Gasteiger partial charge on any atom is 0.358 e. The van der Waals surface area contributed by atoms with E-state index in [2.05, 4.69) is 0 Å². The molecule has 0 N–H and O–H groups in total. The van der Waals surface area contributed by atoms with Crippen LogP contribution in [0.25, 0.3) is 0 Å². The van der Waals surface area contributed by atoms with E-state index < -0.39 is 5.97 Å². The Bertz CT molecular complexity index is 158. The lowest BCUT2D eigenvalue weighted by molar-refractivity contribution is -0.231. The fourth-order valence-electron chi connectivity index (χ4n) is 1.43. The quantitative estimate of drug-likeness (QED) is 0.622. The maximum atomic E-state index is 10.2. The van der Waals surface area contributed by atoms with Crippen LogP contribution in [0.2, 0.25) is 0 Å². The first-order valence-electron chi connectivity index (χ1n) is 4.08. The standard InChI is InChI=1S/C8H13O4/c1-5-3-7(4-8(9)10)12-6(2)11-5/h5-7H,3-4H2,1-2H3. The fourth-order valence-corrected chi connectivity index (χ4v) is 1.43. The largest absolute Gasteiger partial charge is 0.358 e. The Morgan fingerprint density at radius 3 is 2.58 bits per heavy atom. The molecule has 1 aliphatic heterocycles. The van der Waals surface area contributed by atoms with Crippen molar-refractivity contribution in [2.24, 2.45) is 0 Å². The molecule has 12 heavy (non-hydrogen) atoms. The summed E-state index contributed by atoms with van der Waals surface area (Å²) < 4.78 is 10.5. The second kappa shape index (κ2) is 3.87. The summed E-state index contributed by atoms with van der Waals surface area (Å²) in [7, 11) is 0. The first-order valence-corrected chi connectivity index (χ1v) is 4.08. The van der Waals surface area contributed by atoms with Crippen molar-refractivity contribution in [1.82, 2.24) is 0 Å². The molecule has 0 aromatic rings. The highest BCUT2D eigenvalue weighted by Gasteiger charge is 2.26. The van der Waals surface area contributed by atoms with Gasteiger partial charge in [0.2, 0.25) is 0 Å². The van der Waals surface area contributed by atoms with Gasteiger partial charge in [0.15, 0.2) is 6.29 Å². The number of carbonyl (C=O) groups excluding carboxylic acids is 1. The topological polar surface area (TPSA) is 55.4 Å². The molecule has 3 atom stereocenters. The molecule has 69 valence electrons. The number of carbonyl (C=O) groups is 1. The van der Waals surface area contributed by atoms with Gasteiger partial charge in [-0.05, 0) is 13.8 Å². The van der Waals surface area contributed by atoms with Crippen LogP contribution < -0.4 is 0 Å². The van der Waals surface area contributed by atoms with Crippen LogP contribution in [-0.4, -0.2) is 24.5 Å². The monoisotopic (exact) mass is 173 g/mol. The Hall–Kier alpha value is -0.610. The van der Waals surface area contributed by atoms with Gasteiger partial charge in [0.25, 0.3) is 0 Å². The summed E-state index contributed by atoms with van der Waals surface area (Å²) in [5.41, 5.74) is 0. The van der Waals surface area contributed by atoms with E-state index in [-0.39, 0.29) is 24.9 Å². The van der Waals surface area contributed by atoms with E-state index in [1.807, 2.05) is 6.92 Å². The van der Waals surface area contributed by atoms with Gasteiger partial charge in [-0.15, -0.1) is 0 Å². The van der Waals surface area contributed by atoms with Crippen molar-refractivity contribution < 1.29 is 19.4 Å². The molecule has 0 amide bonds. The van der Waals surface area contributed by atoms with Gasteiger partial charge >= 0.3 is 5.97 Å². The molecule has 1 radical (unpaired) electrons. The molecular weight excluding hydrogens is 160 g/mol. The molecule has 0 aromatic heterocycles. The molecule has 0 aromatic carbocycles. The third kappa shape index (κ3) is 2.79. The summed E-state index contributed by atoms with van der Waals surface area (Å²) in [4.78, 5) is 10.2. The predicted octanol–water partition coefficient (Wildman–Crippen LogP) is 0.874. The van der Waals surface area contributed by atoms with Crippen LogP contribution >= 0.6 is 0 Å². The van der Waals surface area contributed by atoms with E-state index in [4.69, 9.17) is 9.47 Å². The Morgan fingerprint density at radius 1 is 1.42 bits per heavy atom. The lowest BCUT2D eigenvalue weighted by Crippen LogP contribution is -2.36. The molecule has 0 spiro atoms. The number of ether oxygens (including phenoxy) is 2. The van der Waals surface area contributed by atoms with E-state index in [1.165, 1.54) is 0 Å². The third-order valence-corrected chi connectivity index (χ3v) is 1.80. The van der Waals surface area contributed by atoms with Gasteiger partial charge < -0.3 is 9.47 Å². The van der Waals surface area contributed by atoms with Gasteiger partial charge in [0.05, 0.1) is 18.6 Å². The zero-order valence-electron chi connectivity index (χ0n) is 7.28. The Labute approximate surface area is 71.5 Å². The fraction of sp³-hybridized carbons (Fsp3) is 0.875. The van der Waals surface area contributed by atoms with E-state index in [0.29, 0.717) is 6.42 Å². The SMILES string of the molecule is CC1CC(CC([O])=O)OC(C)O1. The van der Waals surface area contributed by atoms with Crippen molar-refractivity contribution in [1.29, 1.82) is 0 Å². The van der Waals surface area contributed by atoms with Crippen molar-refractivity contribution in [2.75, 3.05) is 0 Å². The van der Waals surface area contributed by atoms with E-state index >= 15 is 0 Å². The third-order valence-electron chi connectivity index (χ3n) is 1.80. The van der Waals surface area contributed by atoms with Gasteiger partial charge in [-0.25, -0.2) is 9.90 Å². The molecule has 0 saturated carbocycles. The highest BCUT2D eigenvalue weighted by Crippen LogP contribution is 2.19. The number of hydrogen-bond donors (Lipinski definition) is 0. The van der Waals surface area contributed by atoms with Crippen molar-refractivity contribution >= 4 is 5.97 Å². The molecule has 4 nitrogen and oxygen atoms in total. The minimum absolute atomic E-state index is 0.0436. The summed E-state index contributed by atoms with van der Waals surface area (Å²) in [6.45, 7) is 3.67. The zero-order chi connectivity index (χ0) is 9.14. The molecule has 1 fully saturated rings. The van der Waals surface area contributed by atoms with Crippen molar-refractivity contribution in [3.8, 4) is 0 Å². The summed E-state index contributed by atoms with van der Waals surface area (Å²) in [5, 5.41) is 10.2.